The van der Waals surface area contributed by atoms with E-state index in [2.05, 4.69) is 17.0 Å². The van der Waals surface area contributed by atoms with Crippen LogP contribution >= 0.6 is 0 Å². The van der Waals surface area contributed by atoms with Crippen molar-refractivity contribution in [2.75, 3.05) is 11.8 Å². The van der Waals surface area contributed by atoms with E-state index in [1.54, 1.807) is 0 Å². The van der Waals surface area contributed by atoms with Gasteiger partial charge in [-0.15, -0.1) is 0 Å². The average Bonchev–Trinajstić information content (AvgIpc) is 2.76. The lowest BCUT2D eigenvalue weighted by Gasteiger charge is -2.37. The molecule has 3 rings (SSSR count). The van der Waals surface area contributed by atoms with Crippen LogP contribution in [-0.2, 0) is 19.6 Å². The third kappa shape index (κ3) is 5.09. The number of hydrogen-bond acceptors (Lipinski definition) is 5. The molecule has 0 bridgehead atoms. The predicted octanol–water partition coefficient (Wildman–Crippen LogP) is 3.79. The summed E-state index contributed by atoms with van der Waals surface area (Å²) in [6.45, 7) is 3.63. The Kier molecular flexibility index (Phi) is 6.88. The van der Waals surface area contributed by atoms with Crippen LogP contribution in [0.25, 0.3) is 0 Å². The first-order valence-electron chi connectivity index (χ1n) is 10.4. The summed E-state index contributed by atoms with van der Waals surface area (Å²) >= 11 is 0. The third-order valence-corrected chi connectivity index (χ3v) is 7.27. The molecule has 0 saturated heterocycles. The Hall–Kier alpha value is -2.94. The van der Waals surface area contributed by atoms with Gasteiger partial charge in [0.15, 0.2) is 0 Å². The summed E-state index contributed by atoms with van der Waals surface area (Å²) in [6, 6.07) is 9.53. The maximum atomic E-state index is 13.8. The summed E-state index contributed by atoms with van der Waals surface area (Å²) in [5.74, 6) is -1.17. The summed E-state index contributed by atoms with van der Waals surface area (Å²) in [4.78, 5) is 25.2. The standard InChI is InChI=1S/C23H27FN2O5S/c1-15-9-11-23(12-10-15,22(28)31-3)25-21(27)17-5-4-6-18(13-17)26-32(29,30)19-8-7-16(2)20(24)14-19/h4-8,13-15,26H,9-12H2,1-3H3,(H,25,27). The quantitative estimate of drug-likeness (QED) is 0.636. The second-order valence-corrected chi connectivity index (χ2v) is 9.99. The minimum Gasteiger partial charge on any atom is -0.467 e. The molecule has 2 N–H and O–H groups in total. The molecule has 32 heavy (non-hydrogen) atoms. The van der Waals surface area contributed by atoms with Crippen LogP contribution in [0.3, 0.4) is 0 Å². The second kappa shape index (κ2) is 9.28. The molecule has 1 saturated carbocycles. The van der Waals surface area contributed by atoms with E-state index in [4.69, 9.17) is 4.74 Å². The summed E-state index contributed by atoms with van der Waals surface area (Å²) in [7, 11) is -2.76. The van der Waals surface area contributed by atoms with Crippen LogP contribution in [0.15, 0.2) is 47.4 Å². The number of esters is 1. The maximum Gasteiger partial charge on any atom is 0.331 e. The number of benzene rings is 2. The second-order valence-electron chi connectivity index (χ2n) is 8.31. The summed E-state index contributed by atoms with van der Waals surface area (Å²) in [5, 5.41) is 2.82. The van der Waals surface area contributed by atoms with Crippen molar-refractivity contribution in [2.24, 2.45) is 5.92 Å². The van der Waals surface area contributed by atoms with Crippen molar-refractivity contribution in [1.29, 1.82) is 0 Å². The molecule has 1 fully saturated rings. The van der Waals surface area contributed by atoms with Gasteiger partial charge in [0.25, 0.3) is 15.9 Å². The summed E-state index contributed by atoms with van der Waals surface area (Å²) < 4.78 is 46.4. The van der Waals surface area contributed by atoms with Crippen molar-refractivity contribution in [3.63, 3.8) is 0 Å². The molecular formula is C23H27FN2O5S. The van der Waals surface area contributed by atoms with E-state index in [1.165, 1.54) is 50.4 Å². The molecule has 0 unspecified atom stereocenters. The molecule has 0 spiro atoms. The Morgan fingerprint density at radius 2 is 1.81 bits per heavy atom. The highest BCUT2D eigenvalue weighted by molar-refractivity contribution is 7.92. The number of aryl methyl sites for hydroxylation is 1. The number of methoxy groups -OCH3 is 1. The van der Waals surface area contributed by atoms with Crippen molar-refractivity contribution in [3.8, 4) is 0 Å². The maximum absolute atomic E-state index is 13.8. The molecule has 9 heteroatoms. The SMILES string of the molecule is COC(=O)C1(NC(=O)c2cccc(NS(=O)(=O)c3ccc(C)c(F)c3)c2)CCC(C)CC1. The number of carbonyl (C=O) groups excluding carboxylic acids is 2. The summed E-state index contributed by atoms with van der Waals surface area (Å²) in [6.07, 6.45) is 2.50. The number of hydrogen-bond donors (Lipinski definition) is 2. The van der Waals surface area contributed by atoms with E-state index in [0.29, 0.717) is 24.3 Å². The minimum absolute atomic E-state index is 0.142. The largest absolute Gasteiger partial charge is 0.467 e. The molecule has 0 atom stereocenters. The van der Waals surface area contributed by atoms with Crippen LogP contribution < -0.4 is 10.0 Å². The van der Waals surface area contributed by atoms with Crippen LogP contribution in [-0.4, -0.2) is 32.9 Å². The third-order valence-electron chi connectivity index (χ3n) is 5.89. The average molecular weight is 463 g/mol. The number of halogens is 1. The number of carbonyl (C=O) groups is 2. The highest BCUT2D eigenvalue weighted by atomic mass is 32.2. The molecule has 0 heterocycles. The normalized spacial score (nSPS) is 20.9. The van der Waals surface area contributed by atoms with E-state index >= 15 is 0 Å². The van der Waals surface area contributed by atoms with Gasteiger partial charge in [-0.05, 0) is 74.4 Å². The van der Waals surface area contributed by atoms with Gasteiger partial charge in [0.1, 0.15) is 11.4 Å². The van der Waals surface area contributed by atoms with E-state index in [0.717, 1.165) is 18.9 Å². The first-order chi connectivity index (χ1) is 15.1. The van der Waals surface area contributed by atoms with Gasteiger partial charge >= 0.3 is 5.97 Å². The zero-order valence-electron chi connectivity index (χ0n) is 18.3. The van der Waals surface area contributed by atoms with E-state index < -0.39 is 33.3 Å². The predicted molar refractivity (Wildman–Crippen MR) is 118 cm³/mol. The fourth-order valence-corrected chi connectivity index (χ4v) is 4.86. The Labute approximate surface area is 187 Å². The number of sulfonamides is 1. The molecule has 1 amide bonds. The molecule has 2 aromatic carbocycles. The molecule has 172 valence electrons. The highest BCUT2D eigenvalue weighted by Gasteiger charge is 2.43. The lowest BCUT2D eigenvalue weighted by Crippen LogP contribution is -2.56. The number of amides is 1. The van der Waals surface area contributed by atoms with Crippen molar-refractivity contribution >= 4 is 27.6 Å². The molecule has 0 aromatic heterocycles. The summed E-state index contributed by atoms with van der Waals surface area (Å²) in [5.41, 5.74) is -0.447. The van der Waals surface area contributed by atoms with Gasteiger partial charge in [-0.2, -0.15) is 0 Å². The molecule has 0 radical (unpaired) electrons. The Balaban J connectivity index is 1.81. The van der Waals surface area contributed by atoms with E-state index in [1.807, 2.05) is 0 Å². The van der Waals surface area contributed by atoms with Crippen molar-refractivity contribution in [3.05, 3.63) is 59.4 Å². The number of anilines is 1. The Morgan fingerprint density at radius 1 is 1.12 bits per heavy atom. The topological polar surface area (TPSA) is 102 Å². The monoisotopic (exact) mass is 462 g/mol. The van der Waals surface area contributed by atoms with Gasteiger partial charge < -0.3 is 10.1 Å². The van der Waals surface area contributed by atoms with Crippen LogP contribution in [0.4, 0.5) is 10.1 Å². The fourth-order valence-electron chi connectivity index (χ4n) is 3.80. The number of rotatable bonds is 6. The Bertz CT molecular complexity index is 1120. The van der Waals surface area contributed by atoms with Gasteiger partial charge in [0.2, 0.25) is 0 Å². The van der Waals surface area contributed by atoms with Crippen molar-refractivity contribution in [2.45, 2.75) is 50.0 Å². The molecule has 2 aromatic rings. The first-order valence-corrected chi connectivity index (χ1v) is 11.8. The van der Waals surface area contributed by atoms with Gasteiger partial charge in [-0.1, -0.05) is 19.1 Å². The molecule has 1 aliphatic carbocycles. The van der Waals surface area contributed by atoms with E-state index in [9.17, 15) is 22.4 Å². The molecular weight excluding hydrogens is 435 g/mol. The molecule has 1 aliphatic rings. The van der Waals surface area contributed by atoms with Crippen molar-refractivity contribution < 1.29 is 27.1 Å². The smallest absolute Gasteiger partial charge is 0.331 e. The van der Waals surface area contributed by atoms with Crippen LogP contribution in [0.2, 0.25) is 0 Å². The van der Waals surface area contributed by atoms with Crippen LogP contribution in [0, 0.1) is 18.7 Å². The number of nitrogens with one attached hydrogen (secondary N) is 2. The zero-order valence-corrected chi connectivity index (χ0v) is 19.1. The van der Waals surface area contributed by atoms with Gasteiger partial charge in [0, 0.05) is 11.3 Å². The highest BCUT2D eigenvalue weighted by Crippen LogP contribution is 2.33. The lowest BCUT2D eigenvalue weighted by atomic mass is 9.77. The molecule has 0 aliphatic heterocycles. The van der Waals surface area contributed by atoms with Crippen LogP contribution in [0.1, 0.15) is 48.5 Å². The van der Waals surface area contributed by atoms with Crippen molar-refractivity contribution in [1.82, 2.24) is 5.32 Å². The van der Waals surface area contributed by atoms with Gasteiger partial charge in [-0.25, -0.2) is 17.6 Å². The molecule has 7 nitrogen and oxygen atoms in total. The Morgan fingerprint density at radius 3 is 2.44 bits per heavy atom. The van der Waals surface area contributed by atoms with Gasteiger partial charge in [-0.3, -0.25) is 9.52 Å². The number of ether oxygens (including phenoxy) is 1. The fraction of sp³-hybridized carbons (Fsp3) is 0.391. The lowest BCUT2D eigenvalue weighted by molar-refractivity contribution is -0.150. The van der Waals surface area contributed by atoms with Gasteiger partial charge in [0.05, 0.1) is 12.0 Å². The minimum atomic E-state index is -4.05. The van der Waals surface area contributed by atoms with Crippen LogP contribution in [0.5, 0.6) is 0 Å². The van der Waals surface area contributed by atoms with E-state index in [-0.39, 0.29) is 16.1 Å². The first kappa shape index (κ1) is 23.7. The zero-order chi connectivity index (χ0) is 23.5.